The van der Waals surface area contributed by atoms with Crippen molar-refractivity contribution in [3.8, 4) is 5.75 Å². The molecule has 3 aliphatic rings. The van der Waals surface area contributed by atoms with Gasteiger partial charge in [0.15, 0.2) is 0 Å². The van der Waals surface area contributed by atoms with Gasteiger partial charge in [0.2, 0.25) is 11.8 Å². The molecule has 164 valence electrons. The zero-order valence-corrected chi connectivity index (χ0v) is 17.6. The SMILES string of the molecule is CN(C)CC(=O)Nc1ccc2c(c1)[C@@H]1C[C@H](CC(=O)NCC3CC3)O[C@H](CO)[C@@H]1O2. The molecule has 1 saturated heterocycles. The molecule has 8 heteroatoms. The van der Waals surface area contributed by atoms with E-state index in [1.54, 1.807) is 0 Å². The fourth-order valence-electron chi connectivity index (χ4n) is 4.31. The first kappa shape index (κ1) is 21.1. The maximum atomic E-state index is 12.3. The van der Waals surface area contributed by atoms with Crippen molar-refractivity contribution in [2.24, 2.45) is 5.92 Å². The zero-order valence-electron chi connectivity index (χ0n) is 17.6. The van der Waals surface area contributed by atoms with Crippen LogP contribution in [0, 0.1) is 5.92 Å². The molecule has 2 heterocycles. The number of amides is 2. The molecule has 2 amide bonds. The molecule has 1 saturated carbocycles. The Hall–Kier alpha value is -2.16. The van der Waals surface area contributed by atoms with E-state index in [2.05, 4.69) is 10.6 Å². The summed E-state index contributed by atoms with van der Waals surface area (Å²) in [6, 6.07) is 5.61. The lowest BCUT2D eigenvalue weighted by molar-refractivity contribution is -0.142. The Kier molecular flexibility index (Phi) is 6.26. The van der Waals surface area contributed by atoms with E-state index in [1.165, 1.54) is 12.8 Å². The van der Waals surface area contributed by atoms with E-state index >= 15 is 0 Å². The van der Waals surface area contributed by atoms with Gasteiger partial charge in [0.25, 0.3) is 0 Å². The van der Waals surface area contributed by atoms with Crippen LogP contribution in [0.2, 0.25) is 0 Å². The third-order valence-electron chi connectivity index (χ3n) is 5.94. The van der Waals surface area contributed by atoms with E-state index in [9.17, 15) is 14.7 Å². The molecule has 1 aliphatic carbocycles. The number of carbonyl (C=O) groups excluding carboxylic acids is 2. The first-order valence-electron chi connectivity index (χ1n) is 10.7. The molecular formula is C22H31N3O5. The summed E-state index contributed by atoms with van der Waals surface area (Å²) in [5, 5.41) is 15.7. The fraction of sp³-hybridized carbons (Fsp3) is 0.636. The van der Waals surface area contributed by atoms with Gasteiger partial charge in [0.05, 0.1) is 25.7 Å². The lowest BCUT2D eigenvalue weighted by atomic mass is 9.84. The molecule has 3 N–H and O–H groups in total. The van der Waals surface area contributed by atoms with Crippen LogP contribution < -0.4 is 15.4 Å². The highest BCUT2D eigenvalue weighted by atomic mass is 16.6. The maximum Gasteiger partial charge on any atom is 0.238 e. The van der Waals surface area contributed by atoms with E-state index < -0.39 is 6.10 Å². The first-order valence-corrected chi connectivity index (χ1v) is 10.7. The Morgan fingerprint density at radius 1 is 1.23 bits per heavy atom. The predicted octanol–water partition coefficient (Wildman–Crippen LogP) is 1.10. The van der Waals surface area contributed by atoms with E-state index in [0.29, 0.717) is 18.9 Å². The predicted molar refractivity (Wildman–Crippen MR) is 111 cm³/mol. The Labute approximate surface area is 176 Å². The highest BCUT2D eigenvalue weighted by Crippen LogP contribution is 2.47. The molecule has 8 nitrogen and oxygen atoms in total. The van der Waals surface area contributed by atoms with Crippen LogP contribution in [0.5, 0.6) is 5.75 Å². The minimum atomic E-state index is -0.482. The summed E-state index contributed by atoms with van der Waals surface area (Å²) in [6.07, 6.45) is 2.26. The molecule has 0 bridgehead atoms. The second-order valence-corrected chi connectivity index (χ2v) is 8.89. The van der Waals surface area contributed by atoms with Crippen molar-refractivity contribution < 1.29 is 24.2 Å². The van der Waals surface area contributed by atoms with Crippen molar-refractivity contribution in [2.75, 3.05) is 39.1 Å². The summed E-state index contributed by atoms with van der Waals surface area (Å²) >= 11 is 0. The number of benzene rings is 1. The number of nitrogens with one attached hydrogen (secondary N) is 2. The van der Waals surface area contributed by atoms with Crippen LogP contribution in [0.3, 0.4) is 0 Å². The number of anilines is 1. The van der Waals surface area contributed by atoms with Gasteiger partial charge in [-0.05, 0) is 57.5 Å². The summed E-state index contributed by atoms with van der Waals surface area (Å²) in [5.74, 6) is 1.30. The molecule has 1 aromatic rings. The Bertz CT molecular complexity index is 795. The largest absolute Gasteiger partial charge is 0.487 e. The fourth-order valence-corrected chi connectivity index (χ4v) is 4.31. The number of nitrogens with zero attached hydrogens (tertiary/aromatic N) is 1. The number of ether oxygens (including phenoxy) is 2. The highest BCUT2D eigenvalue weighted by molar-refractivity contribution is 5.92. The number of rotatable bonds is 8. The molecule has 0 spiro atoms. The van der Waals surface area contributed by atoms with Gasteiger partial charge in [-0.2, -0.15) is 0 Å². The summed E-state index contributed by atoms with van der Waals surface area (Å²) in [5.41, 5.74) is 1.71. The highest BCUT2D eigenvalue weighted by Gasteiger charge is 2.46. The van der Waals surface area contributed by atoms with Crippen LogP contribution in [-0.2, 0) is 14.3 Å². The lowest BCUT2D eigenvalue weighted by Crippen LogP contribution is -2.47. The average molecular weight is 418 g/mol. The summed E-state index contributed by atoms with van der Waals surface area (Å²) < 4.78 is 12.1. The van der Waals surface area contributed by atoms with Crippen molar-refractivity contribution in [3.63, 3.8) is 0 Å². The van der Waals surface area contributed by atoms with Crippen LogP contribution in [0.25, 0.3) is 0 Å². The van der Waals surface area contributed by atoms with E-state index in [1.807, 2.05) is 37.2 Å². The number of hydrogen-bond donors (Lipinski definition) is 3. The first-order chi connectivity index (χ1) is 14.4. The molecule has 4 atom stereocenters. The number of aliphatic hydroxyl groups is 1. The van der Waals surface area contributed by atoms with Gasteiger partial charge < -0.3 is 30.1 Å². The minimum Gasteiger partial charge on any atom is -0.487 e. The second kappa shape index (κ2) is 8.91. The van der Waals surface area contributed by atoms with Crippen LogP contribution >= 0.6 is 0 Å². The van der Waals surface area contributed by atoms with Crippen molar-refractivity contribution in [2.45, 2.75) is 49.9 Å². The van der Waals surface area contributed by atoms with E-state index in [-0.39, 0.29) is 43.0 Å². The van der Waals surface area contributed by atoms with Crippen LogP contribution in [0.4, 0.5) is 5.69 Å². The molecule has 4 rings (SSSR count). The Morgan fingerprint density at radius 3 is 2.73 bits per heavy atom. The number of carbonyl (C=O) groups is 2. The van der Waals surface area contributed by atoms with Gasteiger partial charge in [0.1, 0.15) is 18.0 Å². The maximum absolute atomic E-state index is 12.3. The van der Waals surface area contributed by atoms with Crippen LogP contribution in [0.15, 0.2) is 18.2 Å². The summed E-state index contributed by atoms with van der Waals surface area (Å²) in [4.78, 5) is 26.2. The second-order valence-electron chi connectivity index (χ2n) is 8.89. The minimum absolute atomic E-state index is 0.00845. The van der Waals surface area contributed by atoms with Gasteiger partial charge in [0, 0.05) is 23.7 Å². The molecule has 1 aromatic carbocycles. The molecule has 2 fully saturated rings. The lowest BCUT2D eigenvalue weighted by Gasteiger charge is -2.37. The molecule has 0 radical (unpaired) electrons. The van der Waals surface area contributed by atoms with Gasteiger partial charge >= 0.3 is 0 Å². The topological polar surface area (TPSA) is 100 Å². The number of likely N-dealkylation sites (N-methyl/N-ethyl adjacent to an activating group) is 1. The molecule has 2 aliphatic heterocycles. The van der Waals surface area contributed by atoms with Crippen molar-refractivity contribution in [3.05, 3.63) is 23.8 Å². The van der Waals surface area contributed by atoms with Gasteiger partial charge in [-0.15, -0.1) is 0 Å². The van der Waals surface area contributed by atoms with Gasteiger partial charge in [-0.25, -0.2) is 0 Å². The van der Waals surface area contributed by atoms with Crippen molar-refractivity contribution in [1.29, 1.82) is 0 Å². The quantitative estimate of drug-likeness (QED) is 0.586. The summed E-state index contributed by atoms with van der Waals surface area (Å²) in [7, 11) is 3.69. The monoisotopic (exact) mass is 417 g/mol. The van der Waals surface area contributed by atoms with Crippen molar-refractivity contribution in [1.82, 2.24) is 10.2 Å². The smallest absolute Gasteiger partial charge is 0.238 e. The molecule has 0 aromatic heterocycles. The summed E-state index contributed by atoms with van der Waals surface area (Å²) in [6.45, 7) is 0.878. The van der Waals surface area contributed by atoms with Gasteiger partial charge in [-0.3, -0.25) is 9.59 Å². The van der Waals surface area contributed by atoms with E-state index in [0.717, 1.165) is 23.5 Å². The van der Waals surface area contributed by atoms with Gasteiger partial charge in [-0.1, -0.05) is 0 Å². The number of fused-ring (bicyclic) bond motifs is 3. The average Bonchev–Trinajstić information content (AvgIpc) is 3.45. The van der Waals surface area contributed by atoms with Crippen LogP contribution in [-0.4, -0.2) is 73.9 Å². The molecule has 0 unspecified atom stereocenters. The molecular weight excluding hydrogens is 386 g/mol. The molecule has 30 heavy (non-hydrogen) atoms. The number of hydrogen-bond acceptors (Lipinski definition) is 6. The Balaban J connectivity index is 1.44. The Morgan fingerprint density at radius 2 is 2.03 bits per heavy atom. The number of aliphatic hydroxyl groups excluding tert-OH is 1. The van der Waals surface area contributed by atoms with Crippen molar-refractivity contribution >= 4 is 17.5 Å². The van der Waals surface area contributed by atoms with E-state index in [4.69, 9.17) is 9.47 Å². The van der Waals surface area contributed by atoms with Crippen LogP contribution in [0.1, 0.15) is 37.2 Å². The third-order valence-corrected chi connectivity index (χ3v) is 5.94. The third kappa shape index (κ3) is 4.94. The normalized spacial score (nSPS) is 27.2. The standard InChI is InChI=1S/C22H31N3O5/c1-25(2)11-21(28)24-14-5-6-18-16(7-14)17-8-15(29-19(12-26)22(17)30-18)9-20(27)23-10-13-3-4-13/h5-7,13,15,17,19,22,26H,3-4,8-12H2,1-2H3,(H,23,27)(H,24,28)/t15-,17+,19-,22-/m1/s1. The zero-order chi connectivity index (χ0) is 21.3.